The second-order valence-electron chi connectivity index (χ2n) is 12.4. The van der Waals surface area contributed by atoms with E-state index in [9.17, 15) is 28.7 Å². The van der Waals surface area contributed by atoms with Gasteiger partial charge < -0.3 is 20.2 Å². The summed E-state index contributed by atoms with van der Waals surface area (Å²) in [6.07, 6.45) is 4.47. The van der Waals surface area contributed by atoms with E-state index in [1.54, 1.807) is 13.0 Å². The summed E-state index contributed by atoms with van der Waals surface area (Å²) in [5, 5.41) is 13.7. The van der Waals surface area contributed by atoms with E-state index in [1.807, 2.05) is 0 Å². The predicted molar refractivity (Wildman–Crippen MR) is 152 cm³/mol. The van der Waals surface area contributed by atoms with Crippen LogP contribution in [0.3, 0.4) is 0 Å². The van der Waals surface area contributed by atoms with E-state index in [0.717, 1.165) is 6.54 Å². The Bertz CT molecular complexity index is 1490. The van der Waals surface area contributed by atoms with E-state index in [4.69, 9.17) is 0 Å². The molecule has 2 aromatic rings. The van der Waals surface area contributed by atoms with Gasteiger partial charge >= 0.3 is 11.8 Å². The van der Waals surface area contributed by atoms with Crippen molar-refractivity contribution in [3.8, 4) is 5.75 Å². The van der Waals surface area contributed by atoms with E-state index >= 15 is 0 Å². The summed E-state index contributed by atoms with van der Waals surface area (Å²) >= 11 is 0. The first kappa shape index (κ1) is 29.7. The van der Waals surface area contributed by atoms with E-state index in [1.165, 1.54) is 60.5 Å². The van der Waals surface area contributed by atoms with Gasteiger partial charge in [-0.2, -0.15) is 0 Å². The maximum Gasteiger partial charge on any atom is 0.312 e. The molecular weight excluding hydrogens is 543 g/mol. The highest BCUT2D eigenvalue weighted by Crippen LogP contribution is 2.50. The third-order valence-electron chi connectivity index (χ3n) is 9.49. The Morgan fingerprint density at radius 1 is 1.10 bits per heavy atom. The molecule has 0 radical (unpaired) electrons. The van der Waals surface area contributed by atoms with Crippen LogP contribution in [0.4, 0.5) is 4.39 Å². The Hall–Kier alpha value is -3.80. The fraction of sp³-hybridized carbons (Fsp3) is 0.567. The highest BCUT2D eigenvalue weighted by Gasteiger charge is 2.56. The van der Waals surface area contributed by atoms with Gasteiger partial charge in [0.25, 0.3) is 11.5 Å². The second-order valence-corrected chi connectivity index (χ2v) is 12.4. The molecule has 0 unspecified atom stereocenters. The molecular formula is C30H39FN6O5. The average Bonchev–Trinajstić information content (AvgIpc) is 3.81. The summed E-state index contributed by atoms with van der Waals surface area (Å²) in [6, 6.07) is 4.44. The molecule has 3 heterocycles. The summed E-state index contributed by atoms with van der Waals surface area (Å²) in [5.74, 6) is -2.57. The van der Waals surface area contributed by atoms with Crippen LogP contribution < -0.4 is 10.9 Å². The topological polar surface area (TPSA) is 128 Å². The standard InChI is InChI=1S/C30H39FN6O5/c1-18-14-20(8-9-21(18)31)15-32-24(39)22-23(38)25(40)37-17-29(35(4)16-19-6-7-19)10-12-30(13-11-29,28(37)33-22)36(5)27(42)26(41)34(2)3/h8-9,14,19,38H,6-7,10-13,15-17H2,1-5H3,(H,32,39). The normalized spacial score (nSPS) is 22.8. The van der Waals surface area contributed by atoms with Crippen molar-refractivity contribution < 1.29 is 23.9 Å². The highest BCUT2D eigenvalue weighted by molar-refractivity contribution is 6.34. The lowest BCUT2D eigenvalue weighted by Gasteiger charge is -2.49. The van der Waals surface area contributed by atoms with Crippen molar-refractivity contribution in [2.45, 2.75) is 69.6 Å². The molecule has 2 N–H and O–H groups in total. The Labute approximate surface area is 244 Å². The molecule has 6 rings (SSSR count). The number of aromatic hydroxyl groups is 1. The zero-order valence-electron chi connectivity index (χ0n) is 24.9. The first-order valence-electron chi connectivity index (χ1n) is 14.4. The number of rotatable bonds is 7. The molecule has 3 amide bonds. The minimum atomic E-state index is -1.14. The van der Waals surface area contributed by atoms with E-state index < -0.39 is 45.8 Å². The smallest absolute Gasteiger partial charge is 0.312 e. The SMILES string of the molecule is Cc1cc(CNC(=O)c2nc3n(c(=O)c2O)CC2(N(C)CC4CC4)CCC3(N(C)C(=O)C(=O)N(C)C)CC2)ccc1F. The number of aromatic nitrogens is 2. The number of halogens is 1. The van der Waals surface area contributed by atoms with Gasteiger partial charge in [-0.3, -0.25) is 28.6 Å². The van der Waals surface area contributed by atoms with E-state index in [-0.39, 0.29) is 24.7 Å². The molecule has 2 aliphatic heterocycles. The van der Waals surface area contributed by atoms with Crippen molar-refractivity contribution in [2.75, 3.05) is 34.7 Å². The molecule has 0 atom stereocenters. The lowest BCUT2D eigenvalue weighted by molar-refractivity contribution is -0.155. The van der Waals surface area contributed by atoms with Gasteiger partial charge in [0, 0.05) is 46.3 Å². The molecule has 11 nitrogen and oxygen atoms in total. The Morgan fingerprint density at radius 3 is 2.36 bits per heavy atom. The molecule has 42 heavy (non-hydrogen) atoms. The highest BCUT2D eigenvalue weighted by atomic mass is 19.1. The van der Waals surface area contributed by atoms with Crippen LogP contribution >= 0.6 is 0 Å². The molecule has 2 aliphatic carbocycles. The van der Waals surface area contributed by atoms with Crippen molar-refractivity contribution >= 4 is 17.7 Å². The number of fused-ring (bicyclic) bond motifs is 2. The Balaban J connectivity index is 1.57. The summed E-state index contributed by atoms with van der Waals surface area (Å²) in [5.41, 5.74) is -1.70. The van der Waals surface area contributed by atoms with E-state index in [0.29, 0.717) is 42.7 Å². The van der Waals surface area contributed by atoms with Crippen LogP contribution in [0.25, 0.3) is 0 Å². The van der Waals surface area contributed by atoms with Gasteiger partial charge in [0.05, 0.1) is 0 Å². The van der Waals surface area contributed by atoms with Crippen LogP contribution in [-0.4, -0.2) is 87.4 Å². The summed E-state index contributed by atoms with van der Waals surface area (Å²) in [4.78, 5) is 62.7. The number of nitrogens with one attached hydrogen (secondary N) is 1. The monoisotopic (exact) mass is 582 g/mol. The quantitative estimate of drug-likeness (QED) is 0.476. The Kier molecular flexibility index (Phi) is 7.63. The third-order valence-corrected chi connectivity index (χ3v) is 9.49. The van der Waals surface area contributed by atoms with E-state index in [2.05, 4.69) is 22.2 Å². The number of nitrogens with zero attached hydrogens (tertiary/aromatic N) is 5. The molecule has 2 fully saturated rings. The fourth-order valence-corrected chi connectivity index (χ4v) is 6.49. The number of benzene rings is 1. The lowest BCUT2D eigenvalue weighted by Crippen LogP contribution is -2.57. The van der Waals surface area contributed by atoms with Crippen molar-refractivity contribution in [2.24, 2.45) is 5.92 Å². The van der Waals surface area contributed by atoms with Gasteiger partial charge in [-0.1, -0.05) is 12.1 Å². The van der Waals surface area contributed by atoms with Crippen LogP contribution in [0, 0.1) is 18.7 Å². The molecule has 1 aromatic heterocycles. The second kappa shape index (κ2) is 10.8. The zero-order chi connectivity index (χ0) is 30.6. The van der Waals surface area contributed by atoms with Gasteiger partial charge in [0.15, 0.2) is 5.69 Å². The van der Waals surface area contributed by atoms with Gasteiger partial charge in [0.1, 0.15) is 17.2 Å². The van der Waals surface area contributed by atoms with Crippen LogP contribution in [0.5, 0.6) is 5.75 Å². The summed E-state index contributed by atoms with van der Waals surface area (Å²) in [7, 11) is 6.59. The molecule has 0 saturated heterocycles. The van der Waals surface area contributed by atoms with Gasteiger partial charge in [-0.25, -0.2) is 9.37 Å². The number of carbonyl (C=O) groups excluding carboxylic acids is 3. The molecule has 2 saturated carbocycles. The number of carbonyl (C=O) groups is 3. The summed E-state index contributed by atoms with van der Waals surface area (Å²) in [6.45, 7) is 2.76. The van der Waals surface area contributed by atoms with Crippen molar-refractivity contribution in [1.82, 2.24) is 29.6 Å². The molecule has 226 valence electrons. The maximum absolute atomic E-state index is 13.8. The number of aryl methyl sites for hydroxylation is 1. The molecule has 12 heteroatoms. The van der Waals surface area contributed by atoms with Crippen LogP contribution in [0.15, 0.2) is 23.0 Å². The number of amides is 3. The van der Waals surface area contributed by atoms with Gasteiger partial charge in [0.2, 0.25) is 5.75 Å². The minimum Gasteiger partial charge on any atom is -0.501 e. The lowest BCUT2D eigenvalue weighted by atomic mass is 9.71. The maximum atomic E-state index is 13.8. The number of likely N-dealkylation sites (N-methyl/N-ethyl adjacent to an activating group) is 3. The predicted octanol–water partition coefficient (Wildman–Crippen LogP) is 1.74. The summed E-state index contributed by atoms with van der Waals surface area (Å²) < 4.78 is 15.1. The number of hydrogen-bond donors (Lipinski definition) is 2. The first-order valence-corrected chi connectivity index (χ1v) is 14.4. The zero-order valence-corrected chi connectivity index (χ0v) is 24.9. The molecule has 2 bridgehead atoms. The van der Waals surface area contributed by atoms with Crippen molar-refractivity contribution in [3.63, 3.8) is 0 Å². The fourth-order valence-electron chi connectivity index (χ4n) is 6.49. The minimum absolute atomic E-state index is 0.0232. The van der Waals surface area contributed by atoms with Crippen molar-refractivity contribution in [1.29, 1.82) is 0 Å². The molecule has 4 aliphatic rings. The van der Waals surface area contributed by atoms with Crippen LogP contribution in [-0.2, 0) is 28.2 Å². The first-order chi connectivity index (χ1) is 19.8. The molecule has 1 aromatic carbocycles. The van der Waals surface area contributed by atoms with Crippen LogP contribution in [0.1, 0.15) is 66.0 Å². The third kappa shape index (κ3) is 5.05. The van der Waals surface area contributed by atoms with Gasteiger partial charge in [-0.15, -0.1) is 0 Å². The molecule has 0 spiro atoms. The van der Waals surface area contributed by atoms with Crippen LogP contribution in [0.2, 0.25) is 0 Å². The van der Waals surface area contributed by atoms with Gasteiger partial charge in [-0.05, 0) is 75.6 Å². The Morgan fingerprint density at radius 2 is 1.76 bits per heavy atom. The average molecular weight is 583 g/mol. The largest absolute Gasteiger partial charge is 0.501 e. The number of hydrogen-bond acceptors (Lipinski definition) is 7. The van der Waals surface area contributed by atoms with Crippen molar-refractivity contribution in [3.05, 3.63) is 57.0 Å².